The summed E-state index contributed by atoms with van der Waals surface area (Å²) in [5, 5.41) is 5.77. The first-order valence-corrected chi connectivity index (χ1v) is 3.99. The molecule has 6 heteroatoms. The third kappa shape index (κ3) is 3.18. The van der Waals surface area contributed by atoms with E-state index in [0.29, 0.717) is 6.54 Å². The molecule has 0 aromatic carbocycles. The SMILES string of the molecule is O=CC(=O)NC(=O)CCn1cccn1. The molecular formula is C8H9N3O3. The summed E-state index contributed by atoms with van der Waals surface area (Å²) in [5.41, 5.74) is 0. The molecule has 0 bridgehead atoms. The molecule has 0 atom stereocenters. The van der Waals surface area contributed by atoms with E-state index in [2.05, 4.69) is 5.10 Å². The number of imide groups is 1. The number of carbonyl (C=O) groups excluding carboxylic acids is 3. The Balaban J connectivity index is 2.28. The Morgan fingerprint density at radius 1 is 1.50 bits per heavy atom. The van der Waals surface area contributed by atoms with Crippen LogP contribution in [0, 0.1) is 0 Å². The standard InChI is InChI=1S/C8H9N3O3/c12-6-8(14)10-7(13)2-5-11-4-1-3-9-11/h1,3-4,6H,2,5H2,(H,10,13,14). The fourth-order valence-corrected chi connectivity index (χ4v) is 0.878. The van der Waals surface area contributed by atoms with Crippen LogP contribution >= 0.6 is 0 Å². The Kier molecular flexibility index (Phi) is 3.54. The average molecular weight is 195 g/mol. The molecule has 6 nitrogen and oxygen atoms in total. The lowest BCUT2D eigenvalue weighted by Crippen LogP contribution is -2.31. The summed E-state index contributed by atoms with van der Waals surface area (Å²) < 4.78 is 1.56. The van der Waals surface area contributed by atoms with E-state index in [1.165, 1.54) is 0 Å². The van der Waals surface area contributed by atoms with Gasteiger partial charge in [0, 0.05) is 25.4 Å². The van der Waals surface area contributed by atoms with Gasteiger partial charge >= 0.3 is 0 Å². The second-order valence-corrected chi connectivity index (χ2v) is 2.55. The molecule has 1 rings (SSSR count). The van der Waals surface area contributed by atoms with Crippen LogP contribution in [0.2, 0.25) is 0 Å². The molecule has 0 unspecified atom stereocenters. The number of rotatable bonds is 4. The van der Waals surface area contributed by atoms with Crippen molar-refractivity contribution in [2.24, 2.45) is 0 Å². The fraction of sp³-hybridized carbons (Fsp3) is 0.250. The molecule has 74 valence electrons. The first-order chi connectivity index (χ1) is 6.72. The first kappa shape index (κ1) is 10.1. The lowest BCUT2D eigenvalue weighted by atomic mass is 10.4. The molecule has 0 saturated carbocycles. The van der Waals surface area contributed by atoms with E-state index in [9.17, 15) is 14.4 Å². The smallest absolute Gasteiger partial charge is 0.290 e. The third-order valence-corrected chi connectivity index (χ3v) is 1.50. The summed E-state index contributed by atoms with van der Waals surface area (Å²) in [6, 6.07) is 1.73. The Morgan fingerprint density at radius 3 is 2.86 bits per heavy atom. The molecule has 2 amide bonds. The molecule has 0 aliphatic carbocycles. The van der Waals surface area contributed by atoms with Crippen LogP contribution < -0.4 is 5.32 Å². The number of aldehydes is 1. The van der Waals surface area contributed by atoms with Gasteiger partial charge in [-0.25, -0.2) is 0 Å². The first-order valence-electron chi connectivity index (χ1n) is 3.99. The summed E-state index contributed by atoms with van der Waals surface area (Å²) in [5.74, 6) is -1.41. The average Bonchev–Trinajstić information content (AvgIpc) is 2.67. The van der Waals surface area contributed by atoms with E-state index >= 15 is 0 Å². The van der Waals surface area contributed by atoms with Gasteiger partial charge in [0.25, 0.3) is 5.91 Å². The predicted octanol–water partition coefficient (Wildman–Crippen LogP) is -0.885. The van der Waals surface area contributed by atoms with Crippen molar-refractivity contribution in [3.63, 3.8) is 0 Å². The second-order valence-electron chi connectivity index (χ2n) is 2.55. The minimum Gasteiger partial charge on any atom is -0.292 e. The van der Waals surface area contributed by atoms with Gasteiger partial charge in [-0.2, -0.15) is 5.10 Å². The Labute approximate surface area is 79.9 Å². The number of hydrogen-bond acceptors (Lipinski definition) is 4. The molecule has 0 saturated heterocycles. The number of nitrogens with one attached hydrogen (secondary N) is 1. The van der Waals surface area contributed by atoms with E-state index in [-0.39, 0.29) is 12.7 Å². The molecule has 0 spiro atoms. The molecular weight excluding hydrogens is 186 g/mol. The lowest BCUT2D eigenvalue weighted by molar-refractivity contribution is -0.136. The van der Waals surface area contributed by atoms with Crippen LogP contribution in [0.15, 0.2) is 18.5 Å². The lowest BCUT2D eigenvalue weighted by Gasteiger charge is -2.00. The minimum absolute atomic E-state index is 0.0613. The van der Waals surface area contributed by atoms with Gasteiger partial charge in [0.15, 0.2) is 0 Å². The van der Waals surface area contributed by atoms with Crippen molar-refractivity contribution in [1.29, 1.82) is 0 Å². The summed E-state index contributed by atoms with van der Waals surface area (Å²) in [6.45, 7) is 0.380. The van der Waals surface area contributed by atoms with Gasteiger partial charge in [0.2, 0.25) is 12.2 Å². The van der Waals surface area contributed by atoms with Crippen molar-refractivity contribution in [1.82, 2.24) is 15.1 Å². The normalized spacial score (nSPS) is 9.43. The maximum atomic E-state index is 11.0. The predicted molar refractivity (Wildman–Crippen MR) is 46.1 cm³/mol. The van der Waals surface area contributed by atoms with E-state index < -0.39 is 11.8 Å². The summed E-state index contributed by atoms with van der Waals surface area (Å²) in [4.78, 5) is 31.3. The number of nitrogens with zero attached hydrogens (tertiary/aromatic N) is 2. The van der Waals surface area contributed by atoms with Crippen molar-refractivity contribution in [3.8, 4) is 0 Å². The highest BCUT2D eigenvalue weighted by atomic mass is 16.2. The third-order valence-electron chi connectivity index (χ3n) is 1.50. The monoisotopic (exact) mass is 195 g/mol. The Morgan fingerprint density at radius 2 is 2.29 bits per heavy atom. The van der Waals surface area contributed by atoms with E-state index in [0.717, 1.165) is 0 Å². The molecule has 0 aliphatic rings. The minimum atomic E-state index is -0.921. The van der Waals surface area contributed by atoms with Crippen molar-refractivity contribution >= 4 is 18.1 Å². The molecule has 0 aliphatic heterocycles. The van der Waals surface area contributed by atoms with Crippen molar-refractivity contribution in [2.45, 2.75) is 13.0 Å². The number of carbonyl (C=O) groups is 3. The summed E-state index contributed by atoms with van der Waals surface area (Å²) in [6.07, 6.45) is 3.47. The van der Waals surface area contributed by atoms with Crippen LogP contribution in [-0.2, 0) is 20.9 Å². The summed E-state index contributed by atoms with van der Waals surface area (Å²) in [7, 11) is 0. The Bertz CT molecular complexity index is 332. The van der Waals surface area contributed by atoms with Crippen molar-refractivity contribution in [2.75, 3.05) is 0 Å². The number of hydrogen-bond donors (Lipinski definition) is 1. The van der Waals surface area contributed by atoms with Crippen molar-refractivity contribution < 1.29 is 14.4 Å². The van der Waals surface area contributed by atoms with Gasteiger partial charge in [-0.15, -0.1) is 0 Å². The summed E-state index contributed by atoms with van der Waals surface area (Å²) >= 11 is 0. The topological polar surface area (TPSA) is 81.1 Å². The van der Waals surface area contributed by atoms with E-state index in [4.69, 9.17) is 0 Å². The maximum Gasteiger partial charge on any atom is 0.290 e. The van der Waals surface area contributed by atoms with Crippen molar-refractivity contribution in [3.05, 3.63) is 18.5 Å². The highest BCUT2D eigenvalue weighted by Crippen LogP contribution is 1.88. The zero-order chi connectivity index (χ0) is 10.4. The maximum absolute atomic E-state index is 11.0. The van der Waals surface area contributed by atoms with Gasteiger partial charge < -0.3 is 0 Å². The van der Waals surface area contributed by atoms with Gasteiger partial charge in [0.05, 0.1) is 0 Å². The number of amides is 2. The zero-order valence-electron chi connectivity index (χ0n) is 7.34. The highest BCUT2D eigenvalue weighted by molar-refractivity contribution is 6.27. The molecule has 1 N–H and O–H groups in total. The molecule has 1 aromatic rings. The van der Waals surface area contributed by atoms with Crippen LogP contribution in [0.4, 0.5) is 0 Å². The van der Waals surface area contributed by atoms with E-state index in [1.807, 2.05) is 5.32 Å². The van der Waals surface area contributed by atoms with Crippen LogP contribution in [0.3, 0.4) is 0 Å². The Hall–Kier alpha value is -1.98. The molecule has 1 heterocycles. The molecule has 0 fully saturated rings. The van der Waals surface area contributed by atoms with Gasteiger partial charge in [-0.1, -0.05) is 0 Å². The number of aryl methyl sites for hydroxylation is 1. The molecule has 0 radical (unpaired) electrons. The van der Waals surface area contributed by atoms with E-state index in [1.54, 1.807) is 23.1 Å². The highest BCUT2D eigenvalue weighted by Gasteiger charge is 2.05. The fourth-order valence-electron chi connectivity index (χ4n) is 0.878. The van der Waals surface area contributed by atoms with Crippen LogP contribution in [0.1, 0.15) is 6.42 Å². The van der Waals surface area contributed by atoms with Gasteiger partial charge in [-0.3, -0.25) is 24.4 Å². The second kappa shape index (κ2) is 4.90. The van der Waals surface area contributed by atoms with Crippen LogP contribution in [-0.4, -0.2) is 27.9 Å². The molecule has 14 heavy (non-hydrogen) atoms. The number of aromatic nitrogens is 2. The zero-order valence-corrected chi connectivity index (χ0v) is 7.34. The quantitative estimate of drug-likeness (QED) is 0.499. The van der Waals surface area contributed by atoms with Crippen LogP contribution in [0.5, 0.6) is 0 Å². The molecule has 1 aromatic heterocycles. The largest absolute Gasteiger partial charge is 0.292 e. The van der Waals surface area contributed by atoms with Gasteiger partial charge in [-0.05, 0) is 6.07 Å². The van der Waals surface area contributed by atoms with Gasteiger partial charge in [0.1, 0.15) is 0 Å². The van der Waals surface area contributed by atoms with Crippen LogP contribution in [0.25, 0.3) is 0 Å².